The van der Waals surface area contributed by atoms with Crippen LogP contribution in [0, 0.1) is 5.92 Å². The molecule has 0 radical (unpaired) electrons. The highest BCUT2D eigenvalue weighted by Crippen LogP contribution is 2.41. The second kappa shape index (κ2) is 19.7. The fourth-order valence-corrected chi connectivity index (χ4v) is 9.66. The lowest BCUT2D eigenvalue weighted by atomic mass is 10.1. The van der Waals surface area contributed by atoms with Gasteiger partial charge in [-0.3, -0.25) is 28.9 Å². The molecule has 2 aliphatic heterocycles. The van der Waals surface area contributed by atoms with Gasteiger partial charge in [-0.05, 0) is 85.8 Å². The number of amides is 5. The molecule has 65 heavy (non-hydrogen) atoms. The molecule has 0 spiro atoms. The molecule has 7 rings (SSSR count). The highest BCUT2D eigenvalue weighted by molar-refractivity contribution is 7.90. The zero-order chi connectivity index (χ0) is 47.4. The number of hydrogen-bond donors (Lipinski definition) is 2. The van der Waals surface area contributed by atoms with Crippen LogP contribution in [0.2, 0.25) is 0 Å². The maximum atomic E-state index is 13.5. The van der Waals surface area contributed by atoms with Crippen molar-refractivity contribution in [1.29, 1.82) is 0 Å². The van der Waals surface area contributed by atoms with E-state index in [-0.39, 0.29) is 46.8 Å². The molecule has 5 amide bonds. The number of carbonyl (C=O) groups is 5. The quantitative estimate of drug-likeness (QED) is 0.123. The summed E-state index contributed by atoms with van der Waals surface area (Å²) in [4.78, 5) is 66.5. The molecular weight excluding hydrogens is 881 g/mol. The number of carbonyl (C=O) groups excluding carboxylic acids is 5. The zero-order valence-corrected chi connectivity index (χ0v) is 38.8. The minimum Gasteiger partial charge on any atom is -0.493 e. The lowest BCUT2D eigenvalue weighted by Crippen LogP contribution is -2.37. The highest BCUT2D eigenvalue weighted by Gasteiger charge is 2.44. The summed E-state index contributed by atoms with van der Waals surface area (Å²) in [6.45, 7) is 5.92. The first-order valence-electron chi connectivity index (χ1n) is 20.8. The third-order valence-electron chi connectivity index (χ3n) is 10.8. The van der Waals surface area contributed by atoms with E-state index in [9.17, 15) is 40.8 Å². The van der Waals surface area contributed by atoms with Gasteiger partial charge in [0.15, 0.2) is 23.0 Å². The average molecular weight is 933 g/mol. The zero-order valence-electron chi connectivity index (χ0n) is 37.1. The van der Waals surface area contributed by atoms with E-state index in [1.165, 1.54) is 33.3 Å². The molecule has 0 bridgehead atoms. The van der Waals surface area contributed by atoms with E-state index in [2.05, 4.69) is 10.6 Å². The number of benzene rings is 4. The molecule has 0 aromatic heterocycles. The molecule has 17 nitrogen and oxygen atoms in total. The molecular formula is C46H52N4O13S2. The van der Waals surface area contributed by atoms with Crippen LogP contribution in [-0.2, 0) is 35.8 Å². The summed E-state index contributed by atoms with van der Waals surface area (Å²) < 4.78 is 71.0. The number of nitrogens with zero attached hydrogens (tertiary/aromatic N) is 2. The van der Waals surface area contributed by atoms with Crippen molar-refractivity contribution in [3.63, 3.8) is 0 Å². The highest BCUT2D eigenvalue weighted by atomic mass is 32.2. The predicted octanol–water partition coefficient (Wildman–Crippen LogP) is 5.62. The Kier molecular flexibility index (Phi) is 14.6. The van der Waals surface area contributed by atoms with Crippen LogP contribution >= 0.6 is 0 Å². The number of hydrogen-bond acceptors (Lipinski definition) is 13. The lowest BCUT2D eigenvalue weighted by molar-refractivity contribution is -0.117. The van der Waals surface area contributed by atoms with Gasteiger partial charge in [-0.25, -0.2) is 16.8 Å². The first kappa shape index (κ1) is 48.0. The van der Waals surface area contributed by atoms with Crippen LogP contribution in [-0.4, -0.2) is 108 Å². The molecule has 1 saturated carbocycles. The van der Waals surface area contributed by atoms with Crippen LogP contribution in [0.3, 0.4) is 0 Å². The van der Waals surface area contributed by atoms with E-state index in [0.717, 1.165) is 35.8 Å². The number of imide groups is 1. The van der Waals surface area contributed by atoms with Crippen molar-refractivity contribution in [3.05, 3.63) is 106 Å². The van der Waals surface area contributed by atoms with Gasteiger partial charge in [0.2, 0.25) is 11.8 Å². The van der Waals surface area contributed by atoms with Gasteiger partial charge < -0.3 is 34.5 Å². The molecule has 2 N–H and O–H groups in total. The summed E-state index contributed by atoms with van der Waals surface area (Å²) in [6, 6.07) is 18.0. The van der Waals surface area contributed by atoms with Crippen molar-refractivity contribution in [2.75, 3.05) is 62.1 Å². The van der Waals surface area contributed by atoms with Crippen molar-refractivity contribution in [3.8, 4) is 23.0 Å². The molecule has 4 aromatic carbocycles. The Bertz CT molecular complexity index is 2750. The van der Waals surface area contributed by atoms with Gasteiger partial charge in [-0.15, -0.1) is 0 Å². The van der Waals surface area contributed by atoms with E-state index in [1.807, 2.05) is 13.0 Å². The van der Waals surface area contributed by atoms with Gasteiger partial charge in [-0.1, -0.05) is 30.3 Å². The smallest absolute Gasteiger partial charge is 0.264 e. The summed E-state index contributed by atoms with van der Waals surface area (Å²) in [6.07, 6.45) is 3.91. The van der Waals surface area contributed by atoms with Crippen molar-refractivity contribution in [2.45, 2.75) is 52.2 Å². The average Bonchev–Trinajstić information content (AvgIpc) is 4.00. The number of fused-ring (bicyclic) bond motifs is 2. The topological polar surface area (TPSA) is 221 Å². The number of methoxy groups -OCH3 is 2. The Morgan fingerprint density at radius 3 is 1.71 bits per heavy atom. The van der Waals surface area contributed by atoms with Gasteiger partial charge >= 0.3 is 0 Å². The molecule has 1 fully saturated rings. The van der Waals surface area contributed by atoms with Crippen LogP contribution < -0.4 is 29.6 Å². The minimum atomic E-state index is -3.60. The van der Waals surface area contributed by atoms with Gasteiger partial charge in [0, 0.05) is 31.9 Å². The number of ether oxygens (including phenoxy) is 4. The second-order valence-corrected chi connectivity index (χ2v) is 20.2. The first-order valence-corrected chi connectivity index (χ1v) is 24.9. The fraction of sp³-hybridized carbons (Fsp3) is 0.370. The van der Waals surface area contributed by atoms with Gasteiger partial charge in [0.25, 0.3) is 17.7 Å². The molecule has 2 heterocycles. The number of sulfone groups is 2. The molecule has 0 saturated heterocycles. The number of anilines is 2. The molecule has 1 aliphatic carbocycles. The van der Waals surface area contributed by atoms with Gasteiger partial charge in [0.05, 0.1) is 79.1 Å². The van der Waals surface area contributed by atoms with Crippen LogP contribution in [0.25, 0.3) is 0 Å². The largest absolute Gasteiger partial charge is 0.493 e. The number of nitrogens with one attached hydrogen (secondary N) is 2. The summed E-state index contributed by atoms with van der Waals surface area (Å²) in [5.41, 5.74) is 3.00. The van der Waals surface area contributed by atoms with Crippen LogP contribution in [0.4, 0.5) is 11.4 Å². The maximum Gasteiger partial charge on any atom is 0.264 e. The van der Waals surface area contributed by atoms with E-state index in [4.69, 9.17) is 18.9 Å². The monoisotopic (exact) mass is 932 g/mol. The van der Waals surface area contributed by atoms with E-state index in [1.54, 1.807) is 66.4 Å². The standard InChI is InChI=1S/C24H28N2O6S.C22H24N2O7S/c1-4-32-21-12-16(10-11-20(21)31-2)19(14-33(3,29)30)26-13-17-6-5-7-18(22(17)24(26)28)25-23(27)15-8-9-15;1-5-31-19-11-14(9-10-18(19)30-3)17(12-32(4,28)29)24-21(26)15-7-6-8-16(23-13(2)25)20(15)22(24)27/h5-7,10-12,15,19H,4,8-9,13-14H2,1-3H3,(H,25,27);6-11,17H,5,12H2,1-4H3,(H,23,25)/t19-;17-/m11/s1. The Labute approximate surface area is 378 Å². The normalized spacial score (nSPS) is 15.3. The maximum absolute atomic E-state index is 13.5. The molecule has 19 heteroatoms. The molecule has 0 unspecified atom stereocenters. The van der Waals surface area contributed by atoms with Crippen molar-refractivity contribution < 1.29 is 59.8 Å². The Morgan fingerprint density at radius 2 is 1.20 bits per heavy atom. The number of rotatable bonds is 17. The van der Waals surface area contributed by atoms with Crippen molar-refractivity contribution in [1.82, 2.24) is 9.80 Å². The Hall–Kier alpha value is -6.47. The van der Waals surface area contributed by atoms with Crippen LogP contribution in [0.5, 0.6) is 23.0 Å². The van der Waals surface area contributed by atoms with Gasteiger partial charge in [-0.2, -0.15) is 0 Å². The summed E-state index contributed by atoms with van der Waals surface area (Å²) >= 11 is 0. The molecule has 4 aromatic rings. The Balaban J connectivity index is 0.000000216. The van der Waals surface area contributed by atoms with Crippen LogP contribution in [0.1, 0.15) is 93.5 Å². The van der Waals surface area contributed by atoms with E-state index >= 15 is 0 Å². The van der Waals surface area contributed by atoms with E-state index in [0.29, 0.717) is 58.6 Å². The lowest BCUT2D eigenvalue weighted by Gasteiger charge is -2.28. The first-order chi connectivity index (χ1) is 30.8. The van der Waals surface area contributed by atoms with Gasteiger partial charge in [0.1, 0.15) is 19.7 Å². The third kappa shape index (κ3) is 11.1. The second-order valence-electron chi connectivity index (χ2n) is 15.8. The fourth-order valence-electron chi connectivity index (χ4n) is 7.80. The van der Waals surface area contributed by atoms with E-state index < -0.39 is 55.2 Å². The Morgan fingerprint density at radius 1 is 0.677 bits per heavy atom. The molecule has 2 atom stereocenters. The van der Waals surface area contributed by atoms with Crippen LogP contribution in [0.15, 0.2) is 72.8 Å². The summed E-state index contributed by atoms with van der Waals surface area (Å²) in [5, 5.41) is 5.43. The predicted molar refractivity (Wildman–Crippen MR) is 242 cm³/mol. The summed E-state index contributed by atoms with van der Waals surface area (Å²) in [5.74, 6) is -1.03. The molecule has 3 aliphatic rings. The molecule has 346 valence electrons. The third-order valence-corrected chi connectivity index (χ3v) is 12.6. The summed E-state index contributed by atoms with van der Waals surface area (Å²) in [7, 11) is -4.03. The SMILES string of the molecule is CCOc1cc([C@@H](CS(C)(=O)=O)N2C(=O)c3cccc(NC(C)=O)c3C2=O)ccc1OC.CCOc1cc([C@@H](CS(C)(=O)=O)N2Cc3cccc(NC(=O)C4CC4)c3C2=O)ccc1OC. The van der Waals surface area contributed by atoms with Crippen molar-refractivity contribution in [2.24, 2.45) is 5.92 Å². The van der Waals surface area contributed by atoms with Crippen molar-refractivity contribution >= 4 is 60.6 Å². The minimum absolute atomic E-state index is 0.00253.